The topological polar surface area (TPSA) is 152 Å². The monoisotopic (exact) mass is 614 g/mol. The van der Waals surface area contributed by atoms with Crippen LogP contribution >= 0.6 is 0 Å². The molecule has 4 heterocycles. The number of fused-ring (bicyclic) bond motifs is 1. The summed E-state index contributed by atoms with van der Waals surface area (Å²) in [6.07, 6.45) is 9.94. The number of nitrogens with zero attached hydrogens (tertiary/aromatic N) is 6. The number of pyridine rings is 2. The molecule has 0 aliphatic heterocycles. The van der Waals surface area contributed by atoms with Crippen molar-refractivity contribution in [3.8, 4) is 22.8 Å². The van der Waals surface area contributed by atoms with Crippen molar-refractivity contribution < 1.29 is 14.3 Å². The summed E-state index contributed by atoms with van der Waals surface area (Å²) in [7, 11) is 1.83. The summed E-state index contributed by atoms with van der Waals surface area (Å²) >= 11 is 0. The summed E-state index contributed by atoms with van der Waals surface area (Å²) in [4.78, 5) is 33.5. The average Bonchev–Trinajstić information content (AvgIpc) is 3.51. The number of hydrogen-bond donors (Lipinski definition) is 2. The van der Waals surface area contributed by atoms with Crippen LogP contribution in [0.15, 0.2) is 108 Å². The molecule has 0 atom stereocenters. The highest BCUT2D eigenvalue weighted by Gasteiger charge is 2.09. The minimum atomic E-state index is -0.301. The normalized spacial score (nSPS) is 11.2. The third-order valence-corrected chi connectivity index (χ3v) is 6.98. The first kappa shape index (κ1) is 29.8. The number of carbonyl (C=O) groups excluding carboxylic acids is 1. The Hall–Kier alpha value is -6.30. The van der Waals surface area contributed by atoms with Gasteiger partial charge in [0.25, 0.3) is 5.56 Å². The predicted octanol–water partition coefficient (Wildman–Crippen LogP) is 4.48. The Balaban J connectivity index is 1.03. The van der Waals surface area contributed by atoms with Crippen molar-refractivity contribution in [2.24, 2.45) is 7.05 Å². The van der Waals surface area contributed by atoms with Gasteiger partial charge in [0.2, 0.25) is 5.91 Å². The number of rotatable bonds is 11. The molecule has 0 unspecified atom stereocenters. The Bertz CT molecular complexity index is 2090. The molecule has 2 aromatic carbocycles. The summed E-state index contributed by atoms with van der Waals surface area (Å²) in [5.41, 5.74) is 10.4. The van der Waals surface area contributed by atoms with Gasteiger partial charge in [0.05, 0.1) is 41.0 Å². The number of nitrogen functional groups attached to an aromatic ring is 1. The largest absolute Gasteiger partial charge is 0.491 e. The van der Waals surface area contributed by atoms with Crippen LogP contribution in [0.1, 0.15) is 11.3 Å². The summed E-state index contributed by atoms with van der Waals surface area (Å²) in [5, 5.41) is 12.2. The second-order valence-corrected chi connectivity index (χ2v) is 10.3. The molecule has 6 aromatic rings. The van der Waals surface area contributed by atoms with Crippen molar-refractivity contribution in [3.05, 3.63) is 125 Å². The van der Waals surface area contributed by atoms with Crippen LogP contribution in [0, 0.1) is 0 Å². The van der Waals surface area contributed by atoms with Crippen molar-refractivity contribution in [2.45, 2.75) is 13.2 Å². The van der Waals surface area contributed by atoms with Crippen LogP contribution in [0.2, 0.25) is 0 Å². The maximum Gasteiger partial charge on any atom is 0.266 e. The summed E-state index contributed by atoms with van der Waals surface area (Å²) in [6.45, 7) is 0.814. The third-order valence-electron chi connectivity index (χ3n) is 6.98. The molecule has 1 amide bonds. The van der Waals surface area contributed by atoms with Gasteiger partial charge in [0.1, 0.15) is 24.7 Å². The SMILES string of the molecule is Cn1cc(-c2ccc(=O)n(CCOc3ccnc4cc(OCc5ccc(/C=C/C(=O)Nc6ccccc6N)nc5)ccc34)n2)cn1. The van der Waals surface area contributed by atoms with Crippen molar-refractivity contribution in [1.82, 2.24) is 29.5 Å². The lowest BCUT2D eigenvalue weighted by molar-refractivity contribution is -0.111. The van der Waals surface area contributed by atoms with Gasteiger partial charge in [-0.2, -0.15) is 10.2 Å². The number of ether oxygens (including phenoxy) is 2. The fourth-order valence-electron chi connectivity index (χ4n) is 4.61. The molecule has 46 heavy (non-hydrogen) atoms. The maximum absolute atomic E-state index is 12.4. The quantitative estimate of drug-likeness (QED) is 0.159. The lowest BCUT2D eigenvalue weighted by Crippen LogP contribution is -2.25. The number of nitrogens with one attached hydrogen (secondary N) is 1. The van der Waals surface area contributed by atoms with E-state index in [-0.39, 0.29) is 24.6 Å². The first-order chi connectivity index (χ1) is 22.4. The highest BCUT2D eigenvalue weighted by molar-refractivity contribution is 6.03. The van der Waals surface area contributed by atoms with Crippen molar-refractivity contribution >= 4 is 34.3 Å². The van der Waals surface area contributed by atoms with Crippen LogP contribution in [0.3, 0.4) is 0 Å². The molecule has 0 bridgehead atoms. The molecule has 3 N–H and O–H groups in total. The fraction of sp³-hybridized carbons (Fsp3) is 0.118. The Morgan fingerprint density at radius 3 is 2.70 bits per heavy atom. The molecule has 0 spiro atoms. The van der Waals surface area contributed by atoms with E-state index in [2.05, 4.69) is 25.5 Å². The third kappa shape index (κ3) is 7.25. The van der Waals surface area contributed by atoms with Gasteiger partial charge in [-0.15, -0.1) is 0 Å². The van der Waals surface area contributed by atoms with E-state index in [4.69, 9.17) is 15.2 Å². The molecule has 0 fully saturated rings. The summed E-state index contributed by atoms with van der Waals surface area (Å²) in [5.74, 6) is 0.979. The zero-order valence-corrected chi connectivity index (χ0v) is 24.9. The van der Waals surface area contributed by atoms with Crippen molar-refractivity contribution in [1.29, 1.82) is 0 Å². The molecule has 0 saturated carbocycles. The van der Waals surface area contributed by atoms with Crippen LogP contribution in [0.25, 0.3) is 28.2 Å². The van der Waals surface area contributed by atoms with Crippen LogP contribution < -0.4 is 26.1 Å². The Morgan fingerprint density at radius 1 is 1.00 bits per heavy atom. The molecular weight excluding hydrogens is 584 g/mol. The first-order valence-electron chi connectivity index (χ1n) is 14.4. The van der Waals surface area contributed by atoms with Gasteiger partial charge in [-0.25, -0.2) is 4.68 Å². The Labute approximate surface area is 263 Å². The van der Waals surface area contributed by atoms with Gasteiger partial charge in [-0.1, -0.05) is 18.2 Å². The first-order valence-corrected chi connectivity index (χ1v) is 14.4. The molecule has 6 rings (SSSR count). The van der Waals surface area contributed by atoms with Crippen LogP contribution in [0.5, 0.6) is 11.5 Å². The minimum Gasteiger partial charge on any atom is -0.491 e. The standard InChI is InChI=1S/C34H30N8O4/c1-41-21-24(20-38-41)29-11-13-34(44)42(40-29)16-17-45-32-14-15-36-31-18-26(9-10-27(31)32)46-22-23-6-7-25(37-19-23)8-12-33(43)39-30-5-3-2-4-28(30)35/h2-15,18-21H,16-17,22,35H2,1H3,(H,39,43)/b12-8+. The zero-order valence-electron chi connectivity index (χ0n) is 24.9. The predicted molar refractivity (Wildman–Crippen MR) is 175 cm³/mol. The number of benzene rings is 2. The van der Waals surface area contributed by atoms with E-state index in [1.54, 1.807) is 65.7 Å². The number of nitrogens with two attached hydrogens (primary N) is 1. The van der Waals surface area contributed by atoms with E-state index >= 15 is 0 Å². The molecule has 0 aliphatic carbocycles. The number of para-hydroxylation sites is 2. The molecule has 4 aromatic heterocycles. The Kier molecular flexibility index (Phi) is 8.77. The van der Waals surface area contributed by atoms with Gasteiger partial charge < -0.3 is 20.5 Å². The van der Waals surface area contributed by atoms with E-state index in [9.17, 15) is 9.59 Å². The zero-order chi connectivity index (χ0) is 31.9. The van der Waals surface area contributed by atoms with Gasteiger partial charge in [0, 0.05) is 60.4 Å². The van der Waals surface area contributed by atoms with Crippen molar-refractivity contribution in [2.75, 3.05) is 17.7 Å². The van der Waals surface area contributed by atoms with Crippen LogP contribution in [-0.2, 0) is 25.0 Å². The van der Waals surface area contributed by atoms with Gasteiger partial charge in [0.15, 0.2) is 0 Å². The second kappa shape index (κ2) is 13.6. The highest BCUT2D eigenvalue weighted by atomic mass is 16.5. The van der Waals surface area contributed by atoms with E-state index < -0.39 is 0 Å². The number of hydrogen-bond acceptors (Lipinski definition) is 9. The lowest BCUT2D eigenvalue weighted by Gasteiger charge is -2.12. The Morgan fingerprint density at radius 2 is 1.89 bits per heavy atom. The number of amides is 1. The van der Waals surface area contributed by atoms with Crippen molar-refractivity contribution in [3.63, 3.8) is 0 Å². The van der Waals surface area contributed by atoms with Gasteiger partial charge >= 0.3 is 0 Å². The van der Waals surface area contributed by atoms with Crippen LogP contribution in [0.4, 0.5) is 11.4 Å². The number of anilines is 2. The van der Waals surface area contributed by atoms with E-state index in [0.29, 0.717) is 46.4 Å². The summed E-state index contributed by atoms with van der Waals surface area (Å²) < 4.78 is 15.1. The molecule has 0 saturated heterocycles. The smallest absolute Gasteiger partial charge is 0.266 e. The number of aromatic nitrogens is 6. The lowest BCUT2D eigenvalue weighted by atomic mass is 10.2. The maximum atomic E-state index is 12.4. The fourth-order valence-corrected chi connectivity index (χ4v) is 4.61. The van der Waals surface area contributed by atoms with E-state index in [1.165, 1.54) is 16.8 Å². The minimum absolute atomic E-state index is 0.212. The van der Waals surface area contributed by atoms with E-state index in [1.807, 2.05) is 43.6 Å². The number of aryl methyl sites for hydroxylation is 1. The molecule has 12 nitrogen and oxygen atoms in total. The molecule has 12 heteroatoms. The second-order valence-electron chi connectivity index (χ2n) is 10.3. The number of carbonyl (C=O) groups is 1. The van der Waals surface area contributed by atoms with Crippen LogP contribution in [-0.4, -0.2) is 42.0 Å². The van der Waals surface area contributed by atoms with Gasteiger partial charge in [-0.3, -0.25) is 24.2 Å². The molecule has 230 valence electrons. The molecule has 0 radical (unpaired) electrons. The van der Waals surface area contributed by atoms with Gasteiger partial charge in [-0.05, 0) is 48.5 Å². The molecule has 0 aliphatic rings. The van der Waals surface area contributed by atoms with E-state index in [0.717, 1.165) is 16.5 Å². The average molecular weight is 615 g/mol. The summed E-state index contributed by atoms with van der Waals surface area (Å²) in [6, 6.07) is 21.3. The highest BCUT2D eigenvalue weighted by Crippen LogP contribution is 2.27. The molecular formula is C34H30N8O4.